The molecule has 1 aliphatic heterocycles. The maximum atomic E-state index is 10.5. The van der Waals surface area contributed by atoms with Crippen molar-refractivity contribution in [2.45, 2.75) is 18.4 Å². The molecule has 3 N–H and O–H groups in total. The van der Waals surface area contributed by atoms with Gasteiger partial charge in [-0.1, -0.05) is 48.5 Å². The molecule has 2 unspecified atom stereocenters. The summed E-state index contributed by atoms with van der Waals surface area (Å²) in [4.78, 5) is 2.29. The lowest BCUT2D eigenvalue weighted by Gasteiger charge is -2.23. The molecule has 0 aliphatic carbocycles. The normalized spacial score (nSPS) is 18.6. The van der Waals surface area contributed by atoms with E-state index in [1.165, 1.54) is 11.3 Å². The number of nitrogens with two attached hydrogens (primary N) is 1. The predicted molar refractivity (Wildman–Crippen MR) is 86.5 cm³/mol. The van der Waals surface area contributed by atoms with Crippen LogP contribution in [0, 0.1) is 0 Å². The summed E-state index contributed by atoms with van der Waals surface area (Å²) in [5.41, 5.74) is 9.31. The van der Waals surface area contributed by atoms with Gasteiger partial charge in [0.05, 0.1) is 6.10 Å². The van der Waals surface area contributed by atoms with Crippen LogP contribution in [-0.4, -0.2) is 24.7 Å². The first-order chi connectivity index (χ1) is 10.3. The van der Waals surface area contributed by atoms with Gasteiger partial charge in [-0.3, -0.25) is 0 Å². The van der Waals surface area contributed by atoms with Gasteiger partial charge in [0.25, 0.3) is 0 Å². The van der Waals surface area contributed by atoms with Crippen molar-refractivity contribution < 1.29 is 5.11 Å². The molecular weight excluding hydrogens is 260 g/mol. The second-order valence-corrected chi connectivity index (χ2v) is 5.66. The molecule has 2 aromatic carbocycles. The number of hydrogen-bond acceptors (Lipinski definition) is 3. The minimum absolute atomic E-state index is 0.462. The van der Waals surface area contributed by atoms with Gasteiger partial charge >= 0.3 is 0 Å². The van der Waals surface area contributed by atoms with Crippen molar-refractivity contribution in [2.24, 2.45) is 5.73 Å². The molecule has 0 spiro atoms. The summed E-state index contributed by atoms with van der Waals surface area (Å²) in [6.45, 7) is 2.27. The van der Waals surface area contributed by atoms with Crippen molar-refractivity contribution in [2.75, 3.05) is 24.5 Å². The van der Waals surface area contributed by atoms with E-state index >= 15 is 0 Å². The van der Waals surface area contributed by atoms with Gasteiger partial charge in [-0.25, -0.2) is 0 Å². The Hall–Kier alpha value is -1.84. The third-order valence-electron chi connectivity index (χ3n) is 4.25. The molecule has 0 saturated heterocycles. The Morgan fingerprint density at radius 2 is 1.81 bits per heavy atom. The summed E-state index contributed by atoms with van der Waals surface area (Å²) in [7, 11) is 0. The molecular formula is C18H22N2O. The molecule has 2 atom stereocenters. The van der Waals surface area contributed by atoms with E-state index in [0.29, 0.717) is 19.0 Å². The molecule has 3 heteroatoms. The highest BCUT2D eigenvalue weighted by molar-refractivity contribution is 5.60. The van der Waals surface area contributed by atoms with Crippen molar-refractivity contribution >= 4 is 5.69 Å². The van der Waals surface area contributed by atoms with E-state index < -0.39 is 6.10 Å². The maximum Gasteiger partial charge on any atom is 0.0964 e. The van der Waals surface area contributed by atoms with E-state index in [9.17, 15) is 5.11 Å². The Balaban J connectivity index is 1.78. The minimum atomic E-state index is -0.462. The number of β-amino-alcohol motifs (C(OH)–C–C–N with tert-alkyl or cyclic N) is 1. The highest BCUT2D eigenvalue weighted by Crippen LogP contribution is 2.38. The standard InChI is InChI=1S/C18H22N2O/c19-11-10-15-12-20(17-9-5-4-8-16(15)17)13-18(21)14-6-2-1-3-7-14/h1-9,15,18,21H,10-13,19H2. The first-order valence-corrected chi connectivity index (χ1v) is 7.56. The smallest absolute Gasteiger partial charge is 0.0964 e. The first-order valence-electron chi connectivity index (χ1n) is 7.56. The SMILES string of the molecule is NCCC1CN(CC(O)c2ccccc2)c2ccccc21. The number of anilines is 1. The largest absolute Gasteiger partial charge is 0.387 e. The second-order valence-electron chi connectivity index (χ2n) is 5.66. The van der Waals surface area contributed by atoms with Gasteiger partial charge in [0.15, 0.2) is 0 Å². The van der Waals surface area contributed by atoms with Gasteiger partial charge in [0.2, 0.25) is 0 Å². The monoisotopic (exact) mass is 282 g/mol. The summed E-state index contributed by atoms with van der Waals surface area (Å²) in [6, 6.07) is 18.3. The fourth-order valence-electron chi connectivity index (χ4n) is 3.19. The van der Waals surface area contributed by atoms with Crippen LogP contribution in [0.15, 0.2) is 54.6 Å². The maximum absolute atomic E-state index is 10.5. The van der Waals surface area contributed by atoms with Crippen molar-refractivity contribution in [3.63, 3.8) is 0 Å². The quantitative estimate of drug-likeness (QED) is 0.886. The molecule has 1 aliphatic rings. The van der Waals surface area contributed by atoms with E-state index in [1.807, 2.05) is 30.3 Å². The molecule has 0 amide bonds. The minimum Gasteiger partial charge on any atom is -0.387 e. The van der Waals surface area contributed by atoms with Crippen LogP contribution >= 0.6 is 0 Å². The van der Waals surface area contributed by atoms with Gasteiger partial charge in [-0.05, 0) is 30.2 Å². The summed E-state index contributed by atoms with van der Waals surface area (Å²) in [5.74, 6) is 0.481. The summed E-state index contributed by atoms with van der Waals surface area (Å²) in [6.07, 6.45) is 0.533. The Labute approximate surface area is 126 Å². The first kappa shape index (κ1) is 14.1. The van der Waals surface area contributed by atoms with Crippen molar-refractivity contribution in [1.82, 2.24) is 0 Å². The zero-order chi connectivity index (χ0) is 14.7. The molecule has 2 aromatic rings. The number of aliphatic hydroxyl groups is 1. The van der Waals surface area contributed by atoms with Gasteiger partial charge < -0.3 is 15.7 Å². The molecule has 0 radical (unpaired) electrons. The fourth-order valence-corrected chi connectivity index (χ4v) is 3.19. The highest BCUT2D eigenvalue weighted by Gasteiger charge is 2.28. The number of fused-ring (bicyclic) bond motifs is 1. The zero-order valence-corrected chi connectivity index (χ0v) is 12.2. The third kappa shape index (κ3) is 2.94. The van der Waals surface area contributed by atoms with Gasteiger partial charge in [0.1, 0.15) is 0 Å². The number of para-hydroxylation sites is 1. The van der Waals surface area contributed by atoms with Gasteiger partial charge in [-0.2, -0.15) is 0 Å². The molecule has 3 nitrogen and oxygen atoms in total. The number of benzene rings is 2. The van der Waals surface area contributed by atoms with Gasteiger partial charge in [0, 0.05) is 24.7 Å². The molecule has 21 heavy (non-hydrogen) atoms. The third-order valence-corrected chi connectivity index (χ3v) is 4.25. The van der Waals surface area contributed by atoms with Crippen LogP contribution in [-0.2, 0) is 0 Å². The van der Waals surface area contributed by atoms with E-state index in [4.69, 9.17) is 5.73 Å². The van der Waals surface area contributed by atoms with Crippen LogP contribution in [0.1, 0.15) is 29.6 Å². The van der Waals surface area contributed by atoms with Crippen molar-refractivity contribution in [1.29, 1.82) is 0 Å². The lowest BCUT2D eigenvalue weighted by Crippen LogP contribution is -2.28. The number of hydrogen-bond donors (Lipinski definition) is 2. The lowest BCUT2D eigenvalue weighted by molar-refractivity contribution is 0.183. The Morgan fingerprint density at radius 3 is 2.57 bits per heavy atom. The van der Waals surface area contributed by atoms with E-state index in [0.717, 1.165) is 18.5 Å². The number of nitrogens with zero attached hydrogens (tertiary/aromatic N) is 1. The Morgan fingerprint density at radius 1 is 1.10 bits per heavy atom. The molecule has 3 rings (SSSR count). The summed E-state index contributed by atoms with van der Waals surface area (Å²) in [5, 5.41) is 10.5. The van der Waals surface area contributed by atoms with E-state index in [-0.39, 0.29) is 0 Å². The van der Waals surface area contributed by atoms with E-state index in [2.05, 4.69) is 29.2 Å². The molecule has 1 heterocycles. The van der Waals surface area contributed by atoms with Crippen LogP contribution in [0.3, 0.4) is 0 Å². The number of rotatable bonds is 5. The van der Waals surface area contributed by atoms with Crippen LogP contribution < -0.4 is 10.6 Å². The molecule has 0 aromatic heterocycles. The predicted octanol–water partition coefficient (Wildman–Crippen LogP) is 2.67. The number of aliphatic hydroxyl groups excluding tert-OH is 1. The lowest BCUT2D eigenvalue weighted by atomic mass is 9.98. The second kappa shape index (κ2) is 6.29. The summed E-state index contributed by atoms with van der Waals surface area (Å²) < 4.78 is 0. The van der Waals surface area contributed by atoms with Crippen LogP contribution in [0.4, 0.5) is 5.69 Å². The van der Waals surface area contributed by atoms with Crippen LogP contribution in [0.25, 0.3) is 0 Å². The Kier molecular flexibility index (Phi) is 4.23. The molecule has 0 saturated carbocycles. The van der Waals surface area contributed by atoms with E-state index in [1.54, 1.807) is 0 Å². The molecule has 0 bridgehead atoms. The fraction of sp³-hybridized carbons (Fsp3) is 0.333. The topological polar surface area (TPSA) is 49.5 Å². The van der Waals surface area contributed by atoms with Crippen LogP contribution in [0.5, 0.6) is 0 Å². The molecule has 110 valence electrons. The molecule has 0 fully saturated rings. The zero-order valence-electron chi connectivity index (χ0n) is 12.2. The van der Waals surface area contributed by atoms with Crippen molar-refractivity contribution in [3.8, 4) is 0 Å². The van der Waals surface area contributed by atoms with Gasteiger partial charge in [-0.15, -0.1) is 0 Å². The highest BCUT2D eigenvalue weighted by atomic mass is 16.3. The Bertz CT molecular complexity index is 585. The summed E-state index contributed by atoms with van der Waals surface area (Å²) >= 11 is 0. The average Bonchev–Trinajstić information content (AvgIpc) is 2.87. The average molecular weight is 282 g/mol. The van der Waals surface area contributed by atoms with Crippen LogP contribution in [0.2, 0.25) is 0 Å². The van der Waals surface area contributed by atoms with Crippen molar-refractivity contribution in [3.05, 3.63) is 65.7 Å².